The van der Waals surface area contributed by atoms with E-state index in [9.17, 15) is 10.1 Å². The molecule has 8 heterocycles. The molecule has 4 bridgehead atoms. The Kier molecular flexibility index (Phi) is 10.7. The first-order chi connectivity index (χ1) is 25.1. The Hall–Kier alpha value is -4.68. The van der Waals surface area contributed by atoms with E-state index in [-0.39, 0.29) is 11.5 Å². The van der Waals surface area contributed by atoms with E-state index >= 15 is 0 Å². The van der Waals surface area contributed by atoms with Gasteiger partial charge in [0.2, 0.25) is 5.82 Å². The van der Waals surface area contributed by atoms with E-state index in [1.165, 1.54) is 81.6 Å². The number of piperidine rings is 6. The van der Waals surface area contributed by atoms with Crippen LogP contribution in [0.25, 0.3) is 0 Å². The normalized spacial score (nSPS) is 24.5. The number of aryl methyl sites for hydroxylation is 4. The molecule has 0 spiro atoms. The maximum atomic E-state index is 11.3. The molecule has 2 aromatic carbocycles. The number of aromatic nitrogens is 4. The van der Waals surface area contributed by atoms with Crippen LogP contribution in [0.15, 0.2) is 48.5 Å². The highest BCUT2D eigenvalue weighted by Crippen LogP contribution is 2.40. The van der Waals surface area contributed by atoms with Gasteiger partial charge < -0.3 is 26.2 Å². The number of nitrogen functional groups attached to an aromatic ring is 1. The molecule has 10 rings (SSSR count). The van der Waals surface area contributed by atoms with Crippen LogP contribution >= 0.6 is 0 Å². The summed E-state index contributed by atoms with van der Waals surface area (Å²) in [7, 11) is 0. The van der Waals surface area contributed by atoms with Crippen LogP contribution in [-0.4, -0.2) is 73.9 Å². The van der Waals surface area contributed by atoms with Crippen molar-refractivity contribution in [2.45, 2.75) is 78.3 Å². The first-order valence-electron chi connectivity index (χ1n) is 18.8. The second-order valence-corrected chi connectivity index (χ2v) is 15.1. The molecule has 0 aliphatic carbocycles. The van der Waals surface area contributed by atoms with E-state index in [0.29, 0.717) is 35.6 Å². The van der Waals surface area contributed by atoms with Crippen molar-refractivity contribution in [3.05, 3.63) is 104 Å². The number of nitrogens with two attached hydrogens (primary N) is 1. The molecule has 2 aromatic heterocycles. The monoisotopic (exact) mass is 704 g/mol. The average Bonchev–Trinajstić information content (AvgIpc) is 3.16. The Morgan fingerprint density at radius 3 is 1.52 bits per heavy atom. The van der Waals surface area contributed by atoms with Crippen LogP contribution in [-0.2, 0) is 13.1 Å². The summed E-state index contributed by atoms with van der Waals surface area (Å²) in [6.07, 6.45) is 5.34. The zero-order valence-corrected chi connectivity index (χ0v) is 30.9. The summed E-state index contributed by atoms with van der Waals surface area (Å²) in [6.45, 7) is 15.9. The molecule has 12 nitrogen and oxygen atoms in total. The summed E-state index contributed by atoms with van der Waals surface area (Å²) in [5, 5.41) is 17.8. The molecule has 4 aromatic rings. The van der Waals surface area contributed by atoms with E-state index in [2.05, 4.69) is 88.9 Å². The van der Waals surface area contributed by atoms with Gasteiger partial charge >= 0.3 is 5.69 Å². The van der Waals surface area contributed by atoms with Gasteiger partial charge in [0.25, 0.3) is 0 Å². The molecular weight excluding hydrogens is 653 g/mol. The minimum absolute atomic E-state index is 0.0514. The fourth-order valence-electron chi connectivity index (χ4n) is 8.73. The Labute approximate surface area is 306 Å². The van der Waals surface area contributed by atoms with Crippen molar-refractivity contribution in [1.82, 2.24) is 29.7 Å². The molecule has 274 valence electrons. The number of hydrogen-bond donors (Lipinski definition) is 3. The molecule has 0 radical (unpaired) electrons. The number of nitrogens with one attached hydrogen (secondary N) is 2. The van der Waals surface area contributed by atoms with Crippen LogP contribution in [0.5, 0.6) is 0 Å². The quantitative estimate of drug-likeness (QED) is 0.129. The number of anilines is 3. The molecule has 6 aliphatic rings. The second kappa shape index (κ2) is 15.5. The molecule has 4 N–H and O–H groups in total. The largest absolute Gasteiger partial charge is 0.394 e. The summed E-state index contributed by atoms with van der Waals surface area (Å²) < 4.78 is 0. The van der Waals surface area contributed by atoms with Gasteiger partial charge in [0.15, 0.2) is 5.82 Å². The Morgan fingerprint density at radius 2 is 1.10 bits per heavy atom. The molecule has 6 saturated heterocycles. The van der Waals surface area contributed by atoms with Crippen molar-refractivity contribution >= 4 is 23.0 Å². The fraction of sp³-hybridized carbons (Fsp3) is 0.500. The van der Waals surface area contributed by atoms with Gasteiger partial charge in [0.1, 0.15) is 17.3 Å². The van der Waals surface area contributed by atoms with Crippen LogP contribution in [0.2, 0.25) is 0 Å². The molecule has 2 unspecified atom stereocenters. The van der Waals surface area contributed by atoms with Gasteiger partial charge in [-0.05, 0) is 125 Å². The van der Waals surface area contributed by atoms with Gasteiger partial charge in [0, 0.05) is 26.2 Å². The van der Waals surface area contributed by atoms with Crippen LogP contribution in [0.4, 0.5) is 23.0 Å². The van der Waals surface area contributed by atoms with Gasteiger partial charge in [-0.25, -0.2) is 19.9 Å². The lowest BCUT2D eigenvalue weighted by molar-refractivity contribution is -0.385. The standard InChI is InChI=1S/C20H25N5O2.C20H27N5/c1-13-19(25(26)27)20(23-14(2)22-13)21-11-15-3-5-16(6-4-15)18-12-24-9-7-17(18)8-10-24;1-13-19(21)20(24-14(2)23-13)22-11-15-3-5-16(6-4-15)18-12-25-9-7-17(18)8-10-25/h3-6,17-18H,7-12H2,1-2H3,(H,21,22,23);3-6,17-18H,7-12,21H2,1-2H3,(H,22,23,24). The fourth-order valence-corrected chi connectivity index (χ4v) is 8.73. The number of rotatable bonds is 9. The van der Waals surface area contributed by atoms with E-state index in [1.807, 2.05) is 13.8 Å². The van der Waals surface area contributed by atoms with Gasteiger partial charge in [0.05, 0.1) is 16.3 Å². The van der Waals surface area contributed by atoms with E-state index in [4.69, 9.17) is 5.73 Å². The molecular formula is C40H52N10O2. The predicted molar refractivity (Wildman–Crippen MR) is 205 cm³/mol. The first kappa shape index (κ1) is 35.7. The zero-order valence-electron chi connectivity index (χ0n) is 30.9. The highest BCUT2D eigenvalue weighted by atomic mass is 16.6. The number of benzene rings is 2. The topological polar surface area (TPSA) is 151 Å². The SMILES string of the molecule is Cc1nc(C)c(N)c(NCc2ccc(C3CN4CCC3CC4)cc2)n1.Cc1nc(C)c([N+](=O)[O-])c(NCc2ccc(C3CN4CCC3CC4)cc2)n1. The highest BCUT2D eigenvalue weighted by Gasteiger charge is 2.36. The van der Waals surface area contributed by atoms with Crippen LogP contribution in [0.3, 0.4) is 0 Å². The van der Waals surface area contributed by atoms with Crippen LogP contribution < -0.4 is 16.4 Å². The third kappa shape index (κ3) is 8.03. The van der Waals surface area contributed by atoms with Gasteiger partial charge in [-0.15, -0.1) is 0 Å². The molecule has 52 heavy (non-hydrogen) atoms. The summed E-state index contributed by atoms with van der Waals surface area (Å²) in [5.74, 6) is 5.33. The number of hydrogen-bond acceptors (Lipinski definition) is 11. The third-order valence-corrected chi connectivity index (χ3v) is 11.6. The minimum atomic E-state index is -0.423. The lowest BCUT2D eigenvalue weighted by Crippen LogP contribution is -2.46. The van der Waals surface area contributed by atoms with Gasteiger partial charge in [-0.1, -0.05) is 48.5 Å². The summed E-state index contributed by atoms with van der Waals surface area (Å²) in [5.41, 5.74) is 13.1. The number of nitro groups is 1. The van der Waals surface area contributed by atoms with Crippen molar-refractivity contribution < 1.29 is 4.92 Å². The Balaban J connectivity index is 0.000000162. The summed E-state index contributed by atoms with van der Waals surface area (Å²) >= 11 is 0. The number of fused-ring (bicyclic) bond motifs is 6. The maximum Gasteiger partial charge on any atom is 0.332 e. The molecule has 6 fully saturated rings. The van der Waals surface area contributed by atoms with Gasteiger partial charge in [-0.3, -0.25) is 10.1 Å². The van der Waals surface area contributed by atoms with Crippen molar-refractivity contribution in [2.24, 2.45) is 11.8 Å². The van der Waals surface area contributed by atoms with Gasteiger partial charge in [-0.2, -0.15) is 0 Å². The molecule has 2 atom stereocenters. The minimum Gasteiger partial charge on any atom is -0.394 e. The van der Waals surface area contributed by atoms with Crippen LogP contribution in [0, 0.1) is 49.6 Å². The molecule has 12 heteroatoms. The smallest absolute Gasteiger partial charge is 0.332 e. The lowest BCUT2D eigenvalue weighted by atomic mass is 9.75. The Morgan fingerprint density at radius 1 is 0.673 bits per heavy atom. The maximum absolute atomic E-state index is 11.3. The zero-order chi connectivity index (χ0) is 36.4. The summed E-state index contributed by atoms with van der Waals surface area (Å²) in [6, 6.07) is 17.8. The second-order valence-electron chi connectivity index (χ2n) is 15.1. The summed E-state index contributed by atoms with van der Waals surface area (Å²) in [4.78, 5) is 33.1. The number of nitrogens with zero attached hydrogens (tertiary/aromatic N) is 7. The van der Waals surface area contributed by atoms with E-state index < -0.39 is 4.92 Å². The van der Waals surface area contributed by atoms with Crippen molar-refractivity contribution in [3.63, 3.8) is 0 Å². The molecule has 0 saturated carbocycles. The van der Waals surface area contributed by atoms with Crippen molar-refractivity contribution in [1.29, 1.82) is 0 Å². The third-order valence-electron chi connectivity index (χ3n) is 11.6. The molecule has 0 amide bonds. The van der Waals surface area contributed by atoms with Crippen LogP contribution in [0.1, 0.15) is 82.8 Å². The molecule has 6 aliphatic heterocycles. The average molecular weight is 705 g/mol. The van der Waals surface area contributed by atoms with E-state index in [1.54, 1.807) is 13.8 Å². The predicted octanol–water partition coefficient (Wildman–Crippen LogP) is 6.52. The highest BCUT2D eigenvalue weighted by molar-refractivity contribution is 5.63. The van der Waals surface area contributed by atoms with Crippen molar-refractivity contribution in [3.8, 4) is 0 Å². The first-order valence-corrected chi connectivity index (χ1v) is 18.8. The van der Waals surface area contributed by atoms with Crippen molar-refractivity contribution in [2.75, 3.05) is 55.6 Å². The van der Waals surface area contributed by atoms with E-state index in [0.717, 1.165) is 41.3 Å². The lowest BCUT2D eigenvalue weighted by Gasteiger charge is -2.45. The Bertz CT molecular complexity index is 1870.